The summed E-state index contributed by atoms with van der Waals surface area (Å²) in [6, 6.07) is 8.31. The molecule has 0 aliphatic carbocycles. The van der Waals surface area contributed by atoms with Crippen LogP contribution in [0, 0.1) is 24.6 Å². The maximum Gasteiger partial charge on any atom is 0.155 e. The Balaban J connectivity index is 2.00. The number of fused-ring (bicyclic) bond motifs is 1. The number of aromatic nitrogens is 3. The molecule has 0 fully saturated rings. The van der Waals surface area contributed by atoms with Crippen molar-refractivity contribution in [2.45, 2.75) is 6.92 Å². The first-order valence-electron chi connectivity index (χ1n) is 5.81. The maximum atomic E-state index is 13.4. The second-order valence-corrected chi connectivity index (χ2v) is 4.16. The lowest BCUT2D eigenvalue weighted by Gasteiger charge is -1.94. The number of hydrogen-bond donors (Lipinski definition) is 0. The van der Waals surface area contributed by atoms with Crippen molar-refractivity contribution in [1.82, 2.24) is 14.6 Å². The molecule has 2 aromatic heterocycles. The van der Waals surface area contributed by atoms with Crippen LogP contribution in [0.25, 0.3) is 5.65 Å². The smallest absolute Gasteiger partial charge is 0.155 e. The van der Waals surface area contributed by atoms with E-state index >= 15 is 0 Å². The van der Waals surface area contributed by atoms with Crippen molar-refractivity contribution < 1.29 is 4.39 Å². The van der Waals surface area contributed by atoms with E-state index in [1.54, 1.807) is 35.1 Å². The second-order valence-electron chi connectivity index (χ2n) is 4.16. The molecule has 1 aromatic carbocycles. The lowest BCUT2D eigenvalue weighted by atomic mass is 10.2. The fourth-order valence-corrected chi connectivity index (χ4v) is 1.76. The Hall–Kier alpha value is -2.67. The summed E-state index contributed by atoms with van der Waals surface area (Å²) in [6.07, 6.45) is 3.44. The summed E-state index contributed by atoms with van der Waals surface area (Å²) in [4.78, 5) is 4.24. The molecule has 19 heavy (non-hydrogen) atoms. The molecule has 0 N–H and O–H groups in total. The van der Waals surface area contributed by atoms with Crippen LogP contribution in [0.2, 0.25) is 0 Å². The van der Waals surface area contributed by atoms with E-state index in [9.17, 15) is 4.39 Å². The third-order valence-electron chi connectivity index (χ3n) is 2.65. The fourth-order valence-electron chi connectivity index (χ4n) is 1.76. The Morgan fingerprint density at radius 3 is 2.89 bits per heavy atom. The van der Waals surface area contributed by atoms with Crippen molar-refractivity contribution in [3.63, 3.8) is 0 Å². The highest BCUT2D eigenvalue weighted by Crippen LogP contribution is 2.06. The highest BCUT2D eigenvalue weighted by Gasteiger charge is 1.99. The van der Waals surface area contributed by atoms with Crippen molar-refractivity contribution in [2.24, 2.45) is 0 Å². The molecule has 0 aliphatic heterocycles. The van der Waals surface area contributed by atoms with Crippen molar-refractivity contribution in [2.75, 3.05) is 0 Å². The molecule has 3 rings (SSSR count). The summed E-state index contributed by atoms with van der Waals surface area (Å²) in [7, 11) is 0. The van der Waals surface area contributed by atoms with Gasteiger partial charge in [0.1, 0.15) is 5.82 Å². The van der Waals surface area contributed by atoms with Gasteiger partial charge >= 0.3 is 0 Å². The van der Waals surface area contributed by atoms with Crippen molar-refractivity contribution in [3.8, 4) is 11.8 Å². The molecule has 2 heterocycles. The first-order valence-corrected chi connectivity index (χ1v) is 5.81. The van der Waals surface area contributed by atoms with Gasteiger partial charge in [0, 0.05) is 18.5 Å². The average Bonchev–Trinajstić information content (AvgIpc) is 2.77. The topological polar surface area (TPSA) is 30.2 Å². The van der Waals surface area contributed by atoms with Gasteiger partial charge in [-0.05, 0) is 19.1 Å². The molecule has 0 atom stereocenters. The first-order chi connectivity index (χ1) is 9.22. The number of hydrogen-bond acceptors (Lipinski definition) is 2. The van der Waals surface area contributed by atoms with Crippen LogP contribution in [0.4, 0.5) is 4.39 Å². The van der Waals surface area contributed by atoms with Gasteiger partial charge in [-0.1, -0.05) is 24.0 Å². The van der Waals surface area contributed by atoms with Gasteiger partial charge < -0.3 is 0 Å². The molecule has 3 aromatic rings. The van der Waals surface area contributed by atoms with Crippen LogP contribution in [-0.4, -0.2) is 14.6 Å². The van der Waals surface area contributed by atoms with E-state index in [1.165, 1.54) is 6.07 Å². The van der Waals surface area contributed by atoms with Crippen molar-refractivity contribution in [1.29, 1.82) is 0 Å². The third kappa shape index (κ3) is 2.31. The quantitative estimate of drug-likeness (QED) is 0.575. The summed E-state index contributed by atoms with van der Waals surface area (Å²) < 4.78 is 15.1. The molecule has 0 bridgehead atoms. The van der Waals surface area contributed by atoms with Crippen LogP contribution >= 0.6 is 0 Å². The Morgan fingerprint density at radius 1 is 1.21 bits per heavy atom. The van der Waals surface area contributed by atoms with Crippen LogP contribution in [0.1, 0.15) is 16.8 Å². The van der Waals surface area contributed by atoms with E-state index in [0.717, 1.165) is 11.3 Å². The summed E-state index contributed by atoms with van der Waals surface area (Å²) >= 11 is 0. The fraction of sp³-hybridized carbons (Fsp3) is 0.0667. The molecule has 0 radical (unpaired) electrons. The van der Waals surface area contributed by atoms with Gasteiger partial charge in [0.15, 0.2) is 5.65 Å². The number of rotatable bonds is 0. The van der Waals surface area contributed by atoms with Gasteiger partial charge in [-0.15, -0.1) is 0 Å². The summed E-state index contributed by atoms with van der Waals surface area (Å²) in [6.45, 7) is 1.90. The molecule has 92 valence electrons. The minimum atomic E-state index is -0.320. The Morgan fingerprint density at radius 2 is 2.05 bits per heavy atom. The van der Waals surface area contributed by atoms with Crippen LogP contribution in [0.5, 0.6) is 0 Å². The average molecular weight is 251 g/mol. The lowest BCUT2D eigenvalue weighted by Crippen LogP contribution is -1.91. The first kappa shape index (κ1) is 11.4. The van der Waals surface area contributed by atoms with Gasteiger partial charge in [0.2, 0.25) is 0 Å². The van der Waals surface area contributed by atoms with E-state index in [2.05, 4.69) is 21.9 Å². The second kappa shape index (κ2) is 4.54. The third-order valence-corrected chi connectivity index (χ3v) is 2.65. The molecule has 0 aliphatic rings. The highest BCUT2D eigenvalue weighted by atomic mass is 19.1. The Bertz CT molecular complexity index is 809. The molecule has 3 nitrogen and oxygen atoms in total. The molecule has 0 amide bonds. The Kier molecular flexibility index (Phi) is 2.73. The minimum Gasteiger partial charge on any atom is -0.236 e. The van der Waals surface area contributed by atoms with Gasteiger partial charge in [-0.2, -0.15) is 5.10 Å². The van der Waals surface area contributed by atoms with Gasteiger partial charge in [-0.25, -0.2) is 13.9 Å². The Labute approximate surface area is 109 Å². The predicted molar refractivity (Wildman–Crippen MR) is 70.1 cm³/mol. The van der Waals surface area contributed by atoms with E-state index < -0.39 is 0 Å². The standard InChI is InChI=1S/C15H10FN3/c1-11-8-15-17-9-12(10-19(15)18-11)6-7-13-4-2-3-5-14(13)16/h2-5,8-10H,1H3. The summed E-state index contributed by atoms with van der Waals surface area (Å²) in [5, 5.41) is 4.26. The molecule has 0 saturated carbocycles. The van der Waals surface area contributed by atoms with Crippen LogP contribution < -0.4 is 0 Å². The van der Waals surface area contributed by atoms with Crippen LogP contribution in [-0.2, 0) is 0 Å². The number of halogens is 1. The SMILES string of the molecule is Cc1cc2ncc(C#Cc3ccccc3F)cn2n1. The van der Waals surface area contributed by atoms with Crippen LogP contribution in [0.3, 0.4) is 0 Å². The van der Waals surface area contributed by atoms with E-state index in [1.807, 2.05) is 13.0 Å². The maximum absolute atomic E-state index is 13.4. The molecular weight excluding hydrogens is 241 g/mol. The zero-order chi connectivity index (χ0) is 13.2. The minimum absolute atomic E-state index is 0.320. The normalized spacial score (nSPS) is 10.2. The highest BCUT2D eigenvalue weighted by molar-refractivity contribution is 5.45. The van der Waals surface area contributed by atoms with Crippen molar-refractivity contribution >= 4 is 5.65 Å². The molecule has 0 unspecified atom stereocenters. The number of aryl methyl sites for hydroxylation is 1. The van der Waals surface area contributed by atoms with Gasteiger partial charge in [-0.3, -0.25) is 0 Å². The molecule has 0 saturated heterocycles. The monoisotopic (exact) mass is 251 g/mol. The predicted octanol–water partition coefficient (Wildman–Crippen LogP) is 2.58. The summed E-state index contributed by atoms with van der Waals surface area (Å²) in [5.41, 5.74) is 2.73. The van der Waals surface area contributed by atoms with Crippen molar-refractivity contribution in [3.05, 3.63) is 65.4 Å². The van der Waals surface area contributed by atoms with Crippen LogP contribution in [0.15, 0.2) is 42.7 Å². The summed E-state index contributed by atoms with van der Waals surface area (Å²) in [5.74, 6) is 5.36. The zero-order valence-electron chi connectivity index (χ0n) is 10.3. The lowest BCUT2D eigenvalue weighted by molar-refractivity contribution is 0.624. The largest absolute Gasteiger partial charge is 0.236 e. The number of benzene rings is 1. The van der Waals surface area contributed by atoms with E-state index in [0.29, 0.717) is 11.1 Å². The van der Waals surface area contributed by atoms with E-state index in [-0.39, 0.29) is 5.82 Å². The van der Waals surface area contributed by atoms with E-state index in [4.69, 9.17) is 0 Å². The van der Waals surface area contributed by atoms with Gasteiger partial charge in [0.05, 0.1) is 16.8 Å². The molecule has 0 spiro atoms. The van der Waals surface area contributed by atoms with Gasteiger partial charge in [0.25, 0.3) is 0 Å². The zero-order valence-corrected chi connectivity index (χ0v) is 10.3. The molecular formula is C15H10FN3. The number of nitrogens with zero attached hydrogens (tertiary/aromatic N) is 3. The molecule has 4 heteroatoms.